The van der Waals surface area contributed by atoms with Gasteiger partial charge in [0, 0.05) is 36.2 Å². The van der Waals surface area contributed by atoms with Crippen LogP contribution in [0, 0.1) is 17.6 Å². The molecule has 2 heterocycles. The fourth-order valence-corrected chi connectivity index (χ4v) is 5.43. The predicted molar refractivity (Wildman–Crippen MR) is 115 cm³/mol. The number of carbonyl (C=O) groups excluding carboxylic acids is 1. The Hall–Kier alpha value is -2.67. The molecule has 0 fully saturated rings. The minimum Gasteiger partial charge on any atom is -0.384 e. The second kappa shape index (κ2) is 7.99. The number of hydrazone groups is 1. The quantitative estimate of drug-likeness (QED) is 0.690. The van der Waals surface area contributed by atoms with Gasteiger partial charge in [0.25, 0.3) is 0 Å². The van der Waals surface area contributed by atoms with Crippen LogP contribution >= 0.6 is 11.8 Å². The number of hydrogen-bond donors (Lipinski definition) is 1. The molecule has 2 aromatic carbocycles. The zero-order valence-corrected chi connectivity index (χ0v) is 16.1. The maximum atomic E-state index is 14.5. The lowest BCUT2D eigenvalue weighted by Gasteiger charge is -2.45. The highest BCUT2D eigenvalue weighted by Crippen LogP contribution is 2.56. The van der Waals surface area contributed by atoms with Gasteiger partial charge in [-0.15, -0.1) is 6.58 Å². The van der Waals surface area contributed by atoms with E-state index in [9.17, 15) is 13.6 Å². The minimum atomic E-state index is -0.851. The summed E-state index contributed by atoms with van der Waals surface area (Å²) in [7, 11) is 0. The highest BCUT2D eigenvalue weighted by atomic mass is 32.2. The SMILES string of the molecule is C.C=CCC1CNc2ccccc2C12SC(c1cc(F)ccc1F)=NN2C(C)=O. The zero-order chi connectivity index (χ0) is 19.9. The van der Waals surface area contributed by atoms with Crippen LogP contribution in [0.2, 0.25) is 0 Å². The van der Waals surface area contributed by atoms with Gasteiger partial charge in [-0.25, -0.2) is 13.8 Å². The molecule has 2 unspecified atom stereocenters. The molecule has 1 N–H and O–H groups in total. The monoisotopic (exact) mass is 415 g/mol. The van der Waals surface area contributed by atoms with Crippen molar-refractivity contribution in [2.24, 2.45) is 11.0 Å². The summed E-state index contributed by atoms with van der Waals surface area (Å²) in [6.07, 6.45) is 2.44. The van der Waals surface area contributed by atoms with E-state index >= 15 is 0 Å². The third kappa shape index (κ3) is 3.33. The Bertz CT molecular complexity index is 994. The van der Waals surface area contributed by atoms with Gasteiger partial charge in [-0.05, 0) is 30.7 Å². The van der Waals surface area contributed by atoms with Gasteiger partial charge in [-0.2, -0.15) is 5.10 Å². The van der Waals surface area contributed by atoms with Crippen LogP contribution in [0.5, 0.6) is 0 Å². The molecular formula is C22H23F2N3OS. The van der Waals surface area contributed by atoms with Gasteiger partial charge in [-0.3, -0.25) is 4.79 Å². The molecule has 1 spiro atoms. The number of allylic oxidation sites excluding steroid dienone is 1. The van der Waals surface area contributed by atoms with Gasteiger partial charge >= 0.3 is 0 Å². The molecule has 2 atom stereocenters. The number of carbonyl (C=O) groups is 1. The minimum absolute atomic E-state index is 0. The Kier molecular flexibility index (Phi) is 5.80. The summed E-state index contributed by atoms with van der Waals surface area (Å²) in [5.74, 6) is -1.43. The van der Waals surface area contributed by atoms with Crippen LogP contribution in [0.4, 0.5) is 14.5 Å². The highest BCUT2D eigenvalue weighted by molar-refractivity contribution is 8.15. The van der Waals surface area contributed by atoms with Gasteiger partial charge in [0.2, 0.25) is 5.91 Å². The largest absolute Gasteiger partial charge is 0.384 e. The molecule has 4 nitrogen and oxygen atoms in total. The van der Waals surface area contributed by atoms with Crippen molar-refractivity contribution < 1.29 is 13.6 Å². The Morgan fingerprint density at radius 1 is 1.38 bits per heavy atom. The molecule has 152 valence electrons. The molecule has 0 aromatic heterocycles. The lowest BCUT2D eigenvalue weighted by Crippen LogP contribution is -2.51. The Balaban J connectivity index is 0.00000240. The van der Waals surface area contributed by atoms with Crippen molar-refractivity contribution >= 4 is 28.4 Å². The molecule has 0 saturated carbocycles. The molecule has 2 aliphatic heterocycles. The van der Waals surface area contributed by atoms with E-state index in [0.717, 1.165) is 29.4 Å². The molecular weight excluding hydrogens is 392 g/mol. The topological polar surface area (TPSA) is 44.7 Å². The normalized spacial score (nSPS) is 22.4. The fraction of sp³-hybridized carbons (Fsp3) is 0.273. The van der Waals surface area contributed by atoms with Crippen molar-refractivity contribution in [2.45, 2.75) is 25.6 Å². The summed E-state index contributed by atoms with van der Waals surface area (Å²) in [4.78, 5) is 11.7. The number of fused-ring (bicyclic) bond motifs is 2. The standard InChI is InChI=1S/C21H19F2N3OS.CH4/c1-3-6-14-12-24-19-8-5-4-7-17(19)21(14)26(13(2)27)25-20(28-21)16-11-15(22)9-10-18(16)23;/h3-5,7-11,14,24H,1,6,12H2,2H3;1H4. The number of hydrogen-bond acceptors (Lipinski definition) is 4. The summed E-state index contributed by atoms with van der Waals surface area (Å²) in [6.45, 7) is 5.89. The van der Waals surface area contributed by atoms with Gasteiger partial charge in [-0.1, -0.05) is 43.5 Å². The average molecular weight is 416 g/mol. The third-order valence-electron chi connectivity index (χ3n) is 5.07. The van der Waals surface area contributed by atoms with E-state index in [1.165, 1.54) is 23.7 Å². The van der Waals surface area contributed by atoms with Crippen molar-refractivity contribution in [3.63, 3.8) is 0 Å². The Morgan fingerprint density at radius 2 is 2.14 bits per heavy atom. The maximum Gasteiger partial charge on any atom is 0.241 e. The number of amides is 1. The first-order valence-electron chi connectivity index (χ1n) is 8.95. The number of nitrogens with zero attached hydrogens (tertiary/aromatic N) is 2. The number of para-hydroxylation sites is 1. The van der Waals surface area contributed by atoms with E-state index in [-0.39, 0.29) is 29.9 Å². The van der Waals surface area contributed by atoms with Crippen molar-refractivity contribution in [3.8, 4) is 0 Å². The molecule has 2 aromatic rings. The van der Waals surface area contributed by atoms with E-state index in [1.54, 1.807) is 0 Å². The maximum absolute atomic E-state index is 14.5. The summed E-state index contributed by atoms with van der Waals surface area (Å²) in [5.41, 5.74) is 1.85. The first-order chi connectivity index (χ1) is 13.5. The number of rotatable bonds is 3. The van der Waals surface area contributed by atoms with E-state index in [1.807, 2.05) is 30.3 Å². The Labute approximate surface area is 173 Å². The first-order valence-corrected chi connectivity index (χ1v) is 9.77. The van der Waals surface area contributed by atoms with Crippen LogP contribution in [0.1, 0.15) is 31.9 Å². The third-order valence-corrected chi connectivity index (χ3v) is 6.60. The number of halogens is 2. The summed E-state index contributed by atoms with van der Waals surface area (Å²) < 4.78 is 28.2. The predicted octanol–water partition coefficient (Wildman–Crippen LogP) is 5.33. The lowest BCUT2D eigenvalue weighted by molar-refractivity contribution is -0.133. The highest BCUT2D eigenvalue weighted by Gasteiger charge is 2.55. The molecule has 29 heavy (non-hydrogen) atoms. The number of thioether (sulfide) groups is 1. The zero-order valence-electron chi connectivity index (χ0n) is 15.3. The molecule has 7 heteroatoms. The van der Waals surface area contributed by atoms with Crippen molar-refractivity contribution in [1.82, 2.24) is 5.01 Å². The molecule has 1 amide bonds. The van der Waals surface area contributed by atoms with Crippen molar-refractivity contribution in [1.29, 1.82) is 0 Å². The van der Waals surface area contributed by atoms with Gasteiger partial charge in [0.05, 0.1) is 0 Å². The molecule has 2 aliphatic rings. The van der Waals surface area contributed by atoms with Crippen molar-refractivity contribution in [3.05, 3.63) is 77.9 Å². The summed E-state index contributed by atoms with van der Waals surface area (Å²) in [5, 5.41) is 9.57. The van der Waals surface area contributed by atoms with E-state index in [0.29, 0.717) is 13.0 Å². The average Bonchev–Trinajstić information content (AvgIpc) is 3.08. The van der Waals surface area contributed by atoms with Crippen LogP contribution in [0.3, 0.4) is 0 Å². The second-order valence-corrected chi connectivity index (χ2v) is 8.02. The van der Waals surface area contributed by atoms with Crippen molar-refractivity contribution in [2.75, 3.05) is 11.9 Å². The smallest absolute Gasteiger partial charge is 0.241 e. The fourth-order valence-electron chi connectivity index (χ4n) is 3.86. The van der Waals surface area contributed by atoms with E-state index in [2.05, 4.69) is 17.0 Å². The summed E-state index contributed by atoms with van der Waals surface area (Å²) >= 11 is 1.30. The first kappa shape index (κ1) is 21.0. The number of anilines is 1. The number of benzene rings is 2. The van der Waals surface area contributed by atoms with Crippen LogP contribution in [-0.4, -0.2) is 22.5 Å². The number of nitrogens with one attached hydrogen (secondary N) is 1. The van der Waals surface area contributed by atoms with Gasteiger partial charge in [0.1, 0.15) is 21.5 Å². The molecule has 0 saturated heterocycles. The lowest BCUT2D eigenvalue weighted by atomic mass is 9.84. The van der Waals surface area contributed by atoms with Crippen LogP contribution in [-0.2, 0) is 9.67 Å². The molecule has 0 bridgehead atoms. The van der Waals surface area contributed by atoms with E-state index < -0.39 is 16.5 Å². The molecule has 0 radical (unpaired) electrons. The summed E-state index contributed by atoms with van der Waals surface area (Å²) in [6, 6.07) is 11.0. The molecule has 4 rings (SSSR count). The Morgan fingerprint density at radius 3 is 2.86 bits per heavy atom. The van der Waals surface area contributed by atoms with Crippen LogP contribution in [0.25, 0.3) is 0 Å². The molecule has 0 aliphatic carbocycles. The van der Waals surface area contributed by atoms with Crippen LogP contribution < -0.4 is 5.32 Å². The van der Waals surface area contributed by atoms with E-state index in [4.69, 9.17) is 0 Å². The van der Waals surface area contributed by atoms with Gasteiger partial charge in [0.15, 0.2) is 0 Å². The van der Waals surface area contributed by atoms with Crippen LogP contribution in [0.15, 0.2) is 60.2 Å². The van der Waals surface area contributed by atoms with Gasteiger partial charge < -0.3 is 5.32 Å². The second-order valence-electron chi connectivity index (χ2n) is 6.81.